The minimum absolute atomic E-state index is 0.0477. The lowest BCUT2D eigenvalue weighted by Crippen LogP contribution is -2.30. The SMILES string of the molecule is CC(C)(CS(=O)c1ccccc1Cl)C(=O)O. The van der Waals surface area contributed by atoms with Gasteiger partial charge in [0, 0.05) is 5.75 Å². The molecule has 0 saturated heterocycles. The van der Waals surface area contributed by atoms with Crippen LogP contribution in [0, 0.1) is 5.41 Å². The van der Waals surface area contributed by atoms with Gasteiger partial charge in [-0.3, -0.25) is 9.00 Å². The first-order chi connectivity index (χ1) is 7.34. The number of hydrogen-bond acceptors (Lipinski definition) is 2. The minimum atomic E-state index is -1.40. The van der Waals surface area contributed by atoms with Gasteiger partial charge in [0.2, 0.25) is 0 Å². The lowest BCUT2D eigenvalue weighted by molar-refractivity contribution is -0.145. The van der Waals surface area contributed by atoms with E-state index in [1.807, 2.05) is 0 Å². The Kier molecular flexibility index (Phi) is 4.10. The van der Waals surface area contributed by atoms with Crippen LogP contribution in [-0.4, -0.2) is 21.0 Å². The molecule has 5 heteroatoms. The second-order valence-corrected chi connectivity index (χ2v) is 5.94. The van der Waals surface area contributed by atoms with Crippen molar-refractivity contribution in [3.05, 3.63) is 29.3 Å². The van der Waals surface area contributed by atoms with Crippen LogP contribution in [0.5, 0.6) is 0 Å². The largest absolute Gasteiger partial charge is 0.481 e. The lowest BCUT2D eigenvalue weighted by atomic mass is 9.97. The molecule has 1 aromatic carbocycles. The Labute approximate surface area is 102 Å². The normalized spacial score (nSPS) is 13.4. The van der Waals surface area contributed by atoms with Gasteiger partial charge in [0.1, 0.15) is 0 Å². The van der Waals surface area contributed by atoms with Crippen LogP contribution < -0.4 is 0 Å². The minimum Gasteiger partial charge on any atom is -0.481 e. The van der Waals surface area contributed by atoms with Gasteiger partial charge in [0.25, 0.3) is 0 Å². The van der Waals surface area contributed by atoms with Gasteiger partial charge >= 0.3 is 5.97 Å². The Morgan fingerprint density at radius 3 is 2.50 bits per heavy atom. The zero-order valence-corrected chi connectivity index (χ0v) is 10.6. The summed E-state index contributed by atoms with van der Waals surface area (Å²) in [5.74, 6) is -0.917. The number of carboxylic acids is 1. The van der Waals surface area contributed by atoms with Crippen LogP contribution in [0.25, 0.3) is 0 Å². The Morgan fingerprint density at radius 1 is 1.44 bits per heavy atom. The van der Waals surface area contributed by atoms with Gasteiger partial charge in [-0.25, -0.2) is 0 Å². The van der Waals surface area contributed by atoms with E-state index in [9.17, 15) is 9.00 Å². The lowest BCUT2D eigenvalue weighted by Gasteiger charge is -2.18. The van der Waals surface area contributed by atoms with Gasteiger partial charge in [-0.15, -0.1) is 0 Å². The van der Waals surface area contributed by atoms with Gasteiger partial charge in [-0.1, -0.05) is 23.7 Å². The molecule has 16 heavy (non-hydrogen) atoms. The Bertz CT molecular complexity index is 429. The summed E-state index contributed by atoms with van der Waals surface area (Å²) in [5, 5.41) is 9.34. The first-order valence-corrected chi connectivity index (χ1v) is 6.40. The third kappa shape index (κ3) is 3.06. The number of carboxylic acid groups (broad SMARTS) is 1. The molecule has 1 aromatic rings. The van der Waals surface area contributed by atoms with Crippen LogP contribution in [0.15, 0.2) is 29.2 Å². The van der Waals surface area contributed by atoms with E-state index in [-0.39, 0.29) is 5.75 Å². The number of benzene rings is 1. The predicted octanol–water partition coefficient (Wildman–Crippen LogP) is 2.56. The second-order valence-electron chi connectivity index (χ2n) is 4.11. The summed E-state index contributed by atoms with van der Waals surface area (Å²) in [7, 11) is -1.40. The maximum Gasteiger partial charge on any atom is 0.310 e. The zero-order valence-electron chi connectivity index (χ0n) is 9.07. The molecule has 0 aliphatic heterocycles. The molecule has 0 spiro atoms. The van der Waals surface area contributed by atoms with Gasteiger partial charge in [0.15, 0.2) is 0 Å². The van der Waals surface area contributed by atoms with Crippen molar-refractivity contribution < 1.29 is 14.1 Å². The van der Waals surface area contributed by atoms with E-state index in [4.69, 9.17) is 16.7 Å². The van der Waals surface area contributed by atoms with E-state index in [2.05, 4.69) is 0 Å². The molecule has 0 amide bonds. The van der Waals surface area contributed by atoms with E-state index in [1.165, 1.54) is 0 Å². The monoisotopic (exact) mass is 260 g/mol. The maximum absolute atomic E-state index is 11.9. The highest BCUT2D eigenvalue weighted by molar-refractivity contribution is 7.85. The third-order valence-electron chi connectivity index (χ3n) is 2.15. The summed E-state index contributed by atoms with van der Waals surface area (Å²) in [6.45, 7) is 3.09. The highest BCUT2D eigenvalue weighted by atomic mass is 35.5. The predicted molar refractivity (Wildman–Crippen MR) is 64.1 cm³/mol. The molecule has 1 N–H and O–H groups in total. The van der Waals surface area contributed by atoms with Crippen molar-refractivity contribution in [2.45, 2.75) is 18.7 Å². The molecule has 0 aliphatic rings. The summed E-state index contributed by atoms with van der Waals surface area (Å²) >= 11 is 5.89. The van der Waals surface area contributed by atoms with Crippen LogP contribution in [0.4, 0.5) is 0 Å². The van der Waals surface area contributed by atoms with Crippen molar-refractivity contribution in [2.24, 2.45) is 5.41 Å². The maximum atomic E-state index is 11.9. The summed E-state index contributed by atoms with van der Waals surface area (Å²) < 4.78 is 11.9. The number of carbonyl (C=O) groups is 1. The molecule has 1 unspecified atom stereocenters. The van der Waals surface area contributed by atoms with Gasteiger partial charge in [-0.2, -0.15) is 0 Å². The van der Waals surface area contributed by atoms with Crippen LogP contribution in [0.3, 0.4) is 0 Å². The molecule has 0 aromatic heterocycles. The van der Waals surface area contributed by atoms with Crippen LogP contribution >= 0.6 is 11.6 Å². The Morgan fingerprint density at radius 2 is 2.00 bits per heavy atom. The number of rotatable bonds is 4. The van der Waals surface area contributed by atoms with Crippen molar-refractivity contribution in [3.8, 4) is 0 Å². The smallest absolute Gasteiger partial charge is 0.310 e. The first-order valence-electron chi connectivity index (χ1n) is 4.71. The van der Waals surface area contributed by atoms with E-state index < -0.39 is 22.2 Å². The molecule has 0 heterocycles. The number of hydrogen-bond donors (Lipinski definition) is 1. The van der Waals surface area contributed by atoms with Crippen molar-refractivity contribution in [1.29, 1.82) is 0 Å². The molecule has 0 radical (unpaired) electrons. The molecule has 1 rings (SSSR count). The van der Waals surface area contributed by atoms with E-state index in [0.29, 0.717) is 9.92 Å². The molecule has 0 saturated carbocycles. The van der Waals surface area contributed by atoms with Crippen LogP contribution in [0.2, 0.25) is 5.02 Å². The fourth-order valence-corrected chi connectivity index (χ4v) is 2.94. The quantitative estimate of drug-likeness (QED) is 0.905. The molecule has 3 nitrogen and oxygen atoms in total. The summed E-state index contributed by atoms with van der Waals surface area (Å²) in [5.41, 5.74) is -1.02. The van der Waals surface area contributed by atoms with Gasteiger partial charge in [-0.05, 0) is 26.0 Å². The van der Waals surface area contributed by atoms with Crippen LogP contribution in [0.1, 0.15) is 13.8 Å². The van der Waals surface area contributed by atoms with E-state index in [0.717, 1.165) is 0 Å². The molecule has 0 fully saturated rings. The fourth-order valence-electron chi connectivity index (χ4n) is 1.10. The molecule has 1 atom stereocenters. The average Bonchev–Trinajstić information content (AvgIpc) is 2.17. The number of aliphatic carboxylic acids is 1. The highest BCUT2D eigenvalue weighted by Crippen LogP contribution is 2.24. The van der Waals surface area contributed by atoms with E-state index >= 15 is 0 Å². The standard InChI is InChI=1S/C11H13ClO3S/c1-11(2,10(13)14)7-16(15)9-6-4-3-5-8(9)12/h3-6H,7H2,1-2H3,(H,13,14). The van der Waals surface area contributed by atoms with Crippen molar-refractivity contribution in [3.63, 3.8) is 0 Å². The number of halogens is 1. The second kappa shape index (κ2) is 4.97. The highest BCUT2D eigenvalue weighted by Gasteiger charge is 2.30. The van der Waals surface area contributed by atoms with Crippen molar-refractivity contribution >= 4 is 28.4 Å². The zero-order chi connectivity index (χ0) is 12.3. The third-order valence-corrected chi connectivity index (χ3v) is 4.42. The van der Waals surface area contributed by atoms with Crippen molar-refractivity contribution in [1.82, 2.24) is 0 Å². The summed E-state index contributed by atoms with van der Waals surface area (Å²) in [6.07, 6.45) is 0. The molecule has 0 aliphatic carbocycles. The van der Waals surface area contributed by atoms with Gasteiger partial charge in [0.05, 0.1) is 26.1 Å². The Balaban J connectivity index is 2.89. The Hall–Kier alpha value is -0.870. The molecular weight excluding hydrogens is 248 g/mol. The average molecular weight is 261 g/mol. The molecule has 0 bridgehead atoms. The fraction of sp³-hybridized carbons (Fsp3) is 0.364. The van der Waals surface area contributed by atoms with Crippen LogP contribution in [-0.2, 0) is 15.6 Å². The summed E-state index contributed by atoms with van der Waals surface area (Å²) in [6, 6.07) is 6.76. The van der Waals surface area contributed by atoms with Crippen molar-refractivity contribution in [2.75, 3.05) is 5.75 Å². The topological polar surface area (TPSA) is 54.4 Å². The molecular formula is C11H13ClO3S. The first kappa shape index (κ1) is 13.2. The van der Waals surface area contributed by atoms with E-state index in [1.54, 1.807) is 38.1 Å². The summed E-state index contributed by atoms with van der Waals surface area (Å²) in [4.78, 5) is 11.4. The van der Waals surface area contributed by atoms with Gasteiger partial charge < -0.3 is 5.11 Å². The molecule has 88 valence electrons.